The molecule has 0 atom stereocenters. The van der Waals surface area contributed by atoms with Crippen molar-refractivity contribution >= 4 is 29.7 Å². The number of aryl methyl sites for hydroxylation is 1. The van der Waals surface area contributed by atoms with Gasteiger partial charge in [-0.25, -0.2) is 10.2 Å². The highest BCUT2D eigenvalue weighted by atomic mass is 16.5. The fourth-order valence-corrected chi connectivity index (χ4v) is 2.36. The van der Waals surface area contributed by atoms with E-state index in [1.165, 1.54) is 18.9 Å². The van der Waals surface area contributed by atoms with Crippen molar-refractivity contribution in [1.82, 2.24) is 5.43 Å². The van der Waals surface area contributed by atoms with Crippen molar-refractivity contribution < 1.29 is 19.1 Å². The minimum absolute atomic E-state index is 0.406. The van der Waals surface area contributed by atoms with Gasteiger partial charge in [-0.1, -0.05) is 37.6 Å². The molecule has 2 aromatic rings. The van der Waals surface area contributed by atoms with Gasteiger partial charge in [0, 0.05) is 5.69 Å². The number of unbranched alkanes of at least 4 members (excludes halogenated alkanes) is 1. The van der Waals surface area contributed by atoms with Crippen molar-refractivity contribution in [3.05, 3.63) is 65.2 Å². The van der Waals surface area contributed by atoms with Gasteiger partial charge in [0.15, 0.2) is 0 Å². The van der Waals surface area contributed by atoms with Crippen LogP contribution in [0.3, 0.4) is 0 Å². The number of rotatable bonds is 7. The van der Waals surface area contributed by atoms with Gasteiger partial charge in [0.05, 0.1) is 18.9 Å². The first kappa shape index (κ1) is 20.8. The second kappa shape index (κ2) is 10.6. The monoisotopic (exact) mass is 381 g/mol. The van der Waals surface area contributed by atoms with E-state index in [2.05, 4.69) is 27.5 Å². The number of nitrogens with one attached hydrogen (secondary N) is 2. The Labute approximate surface area is 163 Å². The molecule has 2 N–H and O–H groups in total. The SMILES string of the molecule is CCCCc1ccc(NC(=O)C(=O)N/N=C\c2ccc(C(=O)OC)cc2)cc1. The summed E-state index contributed by atoms with van der Waals surface area (Å²) in [7, 11) is 1.30. The third-order valence-corrected chi connectivity index (χ3v) is 3.95. The predicted octanol–water partition coefficient (Wildman–Crippen LogP) is 2.90. The molecule has 28 heavy (non-hydrogen) atoms. The summed E-state index contributed by atoms with van der Waals surface area (Å²) in [6.45, 7) is 2.13. The van der Waals surface area contributed by atoms with Gasteiger partial charge < -0.3 is 10.1 Å². The molecule has 2 amide bonds. The van der Waals surface area contributed by atoms with E-state index in [-0.39, 0.29) is 0 Å². The third-order valence-electron chi connectivity index (χ3n) is 3.95. The van der Waals surface area contributed by atoms with Gasteiger partial charge in [-0.3, -0.25) is 9.59 Å². The lowest BCUT2D eigenvalue weighted by molar-refractivity contribution is -0.136. The van der Waals surface area contributed by atoms with E-state index in [1.54, 1.807) is 36.4 Å². The van der Waals surface area contributed by atoms with E-state index < -0.39 is 17.8 Å². The molecule has 0 heterocycles. The van der Waals surface area contributed by atoms with Crippen LogP contribution in [0.2, 0.25) is 0 Å². The molecule has 0 aliphatic heterocycles. The minimum Gasteiger partial charge on any atom is -0.465 e. The van der Waals surface area contributed by atoms with Crippen LogP contribution in [0.25, 0.3) is 0 Å². The Bertz CT molecular complexity index is 843. The number of carbonyl (C=O) groups is 3. The number of carbonyl (C=O) groups excluding carboxylic acids is 3. The van der Waals surface area contributed by atoms with Crippen molar-refractivity contribution in [2.24, 2.45) is 5.10 Å². The molecule has 2 aromatic carbocycles. The van der Waals surface area contributed by atoms with E-state index in [4.69, 9.17) is 0 Å². The quantitative estimate of drug-likeness (QED) is 0.334. The maximum atomic E-state index is 11.9. The van der Waals surface area contributed by atoms with Gasteiger partial charge in [0.2, 0.25) is 0 Å². The van der Waals surface area contributed by atoms with Gasteiger partial charge in [-0.05, 0) is 48.2 Å². The van der Waals surface area contributed by atoms with Crippen molar-refractivity contribution in [1.29, 1.82) is 0 Å². The van der Waals surface area contributed by atoms with E-state index in [1.807, 2.05) is 12.1 Å². The molecule has 0 aromatic heterocycles. The highest BCUT2D eigenvalue weighted by Crippen LogP contribution is 2.11. The number of hydrazone groups is 1. The number of benzene rings is 2. The van der Waals surface area contributed by atoms with Gasteiger partial charge in [0.25, 0.3) is 0 Å². The summed E-state index contributed by atoms with van der Waals surface area (Å²) < 4.78 is 4.61. The van der Waals surface area contributed by atoms with Crippen LogP contribution in [-0.2, 0) is 20.7 Å². The molecule has 0 spiro atoms. The topological polar surface area (TPSA) is 96.9 Å². The second-order valence-electron chi connectivity index (χ2n) is 6.07. The molecule has 0 saturated carbocycles. The first-order valence-electron chi connectivity index (χ1n) is 8.95. The number of hydrogen-bond acceptors (Lipinski definition) is 5. The maximum absolute atomic E-state index is 11.9. The average molecular weight is 381 g/mol. The van der Waals surface area contributed by atoms with Gasteiger partial charge in [-0.15, -0.1) is 0 Å². The van der Waals surface area contributed by atoms with Crippen LogP contribution < -0.4 is 10.7 Å². The molecular formula is C21H23N3O4. The van der Waals surface area contributed by atoms with E-state index in [0.29, 0.717) is 16.8 Å². The fourth-order valence-electron chi connectivity index (χ4n) is 2.36. The van der Waals surface area contributed by atoms with Crippen molar-refractivity contribution in [2.45, 2.75) is 26.2 Å². The van der Waals surface area contributed by atoms with Gasteiger partial charge in [0.1, 0.15) is 0 Å². The largest absolute Gasteiger partial charge is 0.465 e. The summed E-state index contributed by atoms with van der Waals surface area (Å²) in [5, 5.41) is 6.27. The standard InChI is InChI=1S/C21H23N3O4/c1-3-4-5-15-8-12-18(13-9-15)23-19(25)20(26)24-22-14-16-6-10-17(11-7-16)21(27)28-2/h6-14H,3-5H2,1-2H3,(H,23,25)(H,24,26)/b22-14-. The van der Waals surface area contributed by atoms with Crippen LogP contribution >= 0.6 is 0 Å². The summed E-state index contributed by atoms with van der Waals surface area (Å²) in [4.78, 5) is 35.1. The second-order valence-corrected chi connectivity index (χ2v) is 6.07. The third kappa shape index (κ3) is 6.35. The zero-order chi connectivity index (χ0) is 20.4. The molecule has 0 radical (unpaired) electrons. The Kier molecular flexibility index (Phi) is 7.90. The molecule has 7 nitrogen and oxygen atoms in total. The summed E-state index contributed by atoms with van der Waals surface area (Å²) in [6.07, 6.45) is 4.58. The van der Waals surface area contributed by atoms with Crippen LogP contribution in [0, 0.1) is 0 Å². The fraction of sp³-hybridized carbons (Fsp3) is 0.238. The highest BCUT2D eigenvalue weighted by molar-refractivity contribution is 6.39. The lowest BCUT2D eigenvalue weighted by atomic mass is 10.1. The molecule has 7 heteroatoms. The number of esters is 1. The molecule has 0 aliphatic rings. The predicted molar refractivity (Wildman–Crippen MR) is 107 cm³/mol. The maximum Gasteiger partial charge on any atom is 0.337 e. The smallest absolute Gasteiger partial charge is 0.337 e. The molecule has 0 bridgehead atoms. The van der Waals surface area contributed by atoms with Gasteiger partial charge in [-0.2, -0.15) is 5.10 Å². The molecule has 0 unspecified atom stereocenters. The Balaban J connectivity index is 1.84. The van der Waals surface area contributed by atoms with Crippen molar-refractivity contribution in [3.8, 4) is 0 Å². The zero-order valence-corrected chi connectivity index (χ0v) is 15.9. The Morgan fingerprint density at radius 1 is 1.00 bits per heavy atom. The average Bonchev–Trinajstić information content (AvgIpc) is 2.73. The van der Waals surface area contributed by atoms with Crippen molar-refractivity contribution in [3.63, 3.8) is 0 Å². The Morgan fingerprint density at radius 2 is 1.68 bits per heavy atom. The van der Waals surface area contributed by atoms with Gasteiger partial charge >= 0.3 is 17.8 Å². The molecule has 0 aliphatic carbocycles. The molecule has 2 rings (SSSR count). The zero-order valence-electron chi connectivity index (χ0n) is 15.9. The van der Waals surface area contributed by atoms with Crippen molar-refractivity contribution in [2.75, 3.05) is 12.4 Å². The first-order valence-corrected chi connectivity index (χ1v) is 8.95. The Morgan fingerprint density at radius 3 is 2.29 bits per heavy atom. The number of amides is 2. The molecule has 146 valence electrons. The van der Waals surface area contributed by atoms with E-state index in [9.17, 15) is 14.4 Å². The first-order chi connectivity index (χ1) is 13.5. The normalized spacial score (nSPS) is 10.5. The summed E-state index contributed by atoms with van der Waals surface area (Å²) in [5.74, 6) is -2.12. The van der Waals surface area contributed by atoms with Crippen LogP contribution in [0.15, 0.2) is 53.6 Å². The van der Waals surface area contributed by atoms with Crippen LogP contribution in [0.1, 0.15) is 41.3 Å². The summed E-state index contributed by atoms with van der Waals surface area (Å²) in [6, 6.07) is 13.8. The number of hydrogen-bond donors (Lipinski definition) is 2. The molecule has 0 fully saturated rings. The van der Waals surface area contributed by atoms with E-state index >= 15 is 0 Å². The minimum atomic E-state index is -0.877. The Hall–Kier alpha value is -3.48. The molecule has 0 saturated heterocycles. The lowest BCUT2D eigenvalue weighted by Gasteiger charge is -2.05. The van der Waals surface area contributed by atoms with Crippen LogP contribution in [0.5, 0.6) is 0 Å². The number of anilines is 1. The van der Waals surface area contributed by atoms with Crippen LogP contribution in [-0.4, -0.2) is 31.1 Å². The number of ether oxygens (including phenoxy) is 1. The number of nitrogens with zero attached hydrogens (tertiary/aromatic N) is 1. The lowest BCUT2D eigenvalue weighted by Crippen LogP contribution is -2.32. The summed E-state index contributed by atoms with van der Waals surface area (Å²) in [5.41, 5.74) is 4.95. The van der Waals surface area contributed by atoms with Crippen LogP contribution in [0.4, 0.5) is 5.69 Å². The number of methoxy groups -OCH3 is 1. The van der Waals surface area contributed by atoms with E-state index in [0.717, 1.165) is 19.3 Å². The highest BCUT2D eigenvalue weighted by Gasteiger charge is 2.12. The summed E-state index contributed by atoms with van der Waals surface area (Å²) >= 11 is 0. The molecular weight excluding hydrogens is 358 g/mol.